The molecular weight excluding hydrogens is 338 g/mol. The molecule has 5 heteroatoms. The topological polar surface area (TPSA) is 56.2 Å². The largest absolute Gasteiger partial charge is 0.477 e. The molecule has 150 valence electrons. The number of nitrogens with one attached hydrogen (secondary N) is 1. The first-order valence-corrected chi connectivity index (χ1v) is 10.8. The third-order valence-electron chi connectivity index (χ3n) is 8.41. The molecule has 5 nitrogen and oxygen atoms in total. The van der Waals surface area contributed by atoms with Crippen LogP contribution in [0, 0.1) is 22.7 Å². The summed E-state index contributed by atoms with van der Waals surface area (Å²) in [5.74, 6) is 1.90. The molecule has 0 radical (unpaired) electrons. The molecule has 3 fully saturated rings. The standard InChI is InChI=1S/C22H35N3O2/c1-21(2)16-10-11-22(21,3)18(12-16)24-19(26)17-13-23-25(4)20(17)27-14-15-8-6-5-7-9-15/h13,15-16,18H,5-12,14H2,1-4H3,(H,24,26)/t16-,18+,22-/m0/s1. The summed E-state index contributed by atoms with van der Waals surface area (Å²) >= 11 is 0. The summed E-state index contributed by atoms with van der Waals surface area (Å²) in [6, 6.07) is 0.241. The summed E-state index contributed by atoms with van der Waals surface area (Å²) in [7, 11) is 1.86. The van der Waals surface area contributed by atoms with Crippen LogP contribution in [0.25, 0.3) is 0 Å². The number of aryl methyl sites for hydroxylation is 1. The van der Waals surface area contributed by atoms with Gasteiger partial charge >= 0.3 is 0 Å². The van der Waals surface area contributed by atoms with Crippen molar-refractivity contribution >= 4 is 5.91 Å². The van der Waals surface area contributed by atoms with Crippen molar-refractivity contribution < 1.29 is 9.53 Å². The maximum absolute atomic E-state index is 13.1. The van der Waals surface area contributed by atoms with Crippen molar-refractivity contribution in [2.24, 2.45) is 29.7 Å². The minimum Gasteiger partial charge on any atom is -0.477 e. The van der Waals surface area contributed by atoms with Crippen molar-refractivity contribution in [2.45, 2.75) is 78.2 Å². The Morgan fingerprint density at radius 2 is 2.00 bits per heavy atom. The van der Waals surface area contributed by atoms with E-state index in [0.717, 1.165) is 6.42 Å². The van der Waals surface area contributed by atoms with Crippen LogP contribution in [-0.2, 0) is 7.05 Å². The van der Waals surface area contributed by atoms with Crippen LogP contribution in [0.2, 0.25) is 0 Å². The van der Waals surface area contributed by atoms with Gasteiger partial charge in [-0.25, -0.2) is 4.68 Å². The summed E-state index contributed by atoms with van der Waals surface area (Å²) < 4.78 is 7.80. The molecule has 1 aromatic heterocycles. The average Bonchev–Trinajstić information content (AvgIpc) is 3.18. The zero-order chi connectivity index (χ0) is 19.2. The molecule has 0 aromatic carbocycles. The van der Waals surface area contributed by atoms with Crippen LogP contribution in [0.4, 0.5) is 0 Å². The Labute approximate surface area is 163 Å². The summed E-state index contributed by atoms with van der Waals surface area (Å²) in [6.45, 7) is 7.80. The van der Waals surface area contributed by atoms with E-state index in [-0.39, 0.29) is 17.4 Å². The van der Waals surface area contributed by atoms with Gasteiger partial charge in [0.15, 0.2) is 0 Å². The summed E-state index contributed by atoms with van der Waals surface area (Å²) in [5, 5.41) is 7.64. The number of amides is 1. The maximum Gasteiger partial charge on any atom is 0.258 e. The van der Waals surface area contributed by atoms with E-state index in [4.69, 9.17) is 4.74 Å². The molecule has 0 aliphatic heterocycles. The smallest absolute Gasteiger partial charge is 0.258 e. The van der Waals surface area contributed by atoms with Gasteiger partial charge in [-0.15, -0.1) is 0 Å². The van der Waals surface area contributed by atoms with Crippen molar-refractivity contribution in [3.63, 3.8) is 0 Å². The Bertz CT molecular complexity index is 704. The van der Waals surface area contributed by atoms with Gasteiger partial charge in [-0.1, -0.05) is 40.0 Å². The van der Waals surface area contributed by atoms with Gasteiger partial charge in [-0.3, -0.25) is 4.79 Å². The summed E-state index contributed by atoms with van der Waals surface area (Å²) in [4.78, 5) is 13.1. The van der Waals surface area contributed by atoms with Gasteiger partial charge in [0.25, 0.3) is 5.91 Å². The number of fused-ring (bicyclic) bond motifs is 2. The number of ether oxygens (including phenoxy) is 1. The third kappa shape index (κ3) is 3.07. The number of hydrogen-bond donors (Lipinski definition) is 1. The van der Waals surface area contributed by atoms with Gasteiger partial charge in [-0.2, -0.15) is 5.10 Å². The molecular formula is C22H35N3O2. The van der Waals surface area contributed by atoms with Crippen LogP contribution >= 0.6 is 0 Å². The molecule has 3 aliphatic rings. The lowest BCUT2D eigenvalue weighted by Crippen LogP contribution is -2.46. The molecule has 27 heavy (non-hydrogen) atoms. The van der Waals surface area contributed by atoms with E-state index >= 15 is 0 Å². The average molecular weight is 374 g/mol. The fraction of sp³-hybridized carbons (Fsp3) is 0.818. The highest BCUT2D eigenvalue weighted by Crippen LogP contribution is 2.65. The number of nitrogens with zero attached hydrogens (tertiary/aromatic N) is 2. The monoisotopic (exact) mass is 373 g/mol. The van der Waals surface area contributed by atoms with Crippen molar-refractivity contribution in [3.05, 3.63) is 11.8 Å². The number of aromatic nitrogens is 2. The van der Waals surface area contributed by atoms with Gasteiger partial charge in [0.1, 0.15) is 5.56 Å². The Hall–Kier alpha value is -1.52. The molecule has 3 saturated carbocycles. The SMILES string of the molecule is Cn1ncc(C(=O)N[C@@H]2C[C@@H]3CC[C@]2(C)C3(C)C)c1OCC1CCCCC1. The Kier molecular flexibility index (Phi) is 4.76. The van der Waals surface area contributed by atoms with Crippen LogP contribution in [0.15, 0.2) is 6.20 Å². The van der Waals surface area contributed by atoms with Crippen LogP contribution in [-0.4, -0.2) is 28.3 Å². The van der Waals surface area contributed by atoms with Gasteiger partial charge in [0, 0.05) is 13.1 Å². The second kappa shape index (κ2) is 6.82. The van der Waals surface area contributed by atoms with Gasteiger partial charge < -0.3 is 10.1 Å². The number of carbonyl (C=O) groups is 1. The molecule has 4 rings (SSSR count). The summed E-state index contributed by atoms with van der Waals surface area (Å²) in [6.07, 6.45) is 11.6. The van der Waals surface area contributed by atoms with Crippen molar-refractivity contribution in [1.82, 2.24) is 15.1 Å². The highest BCUT2D eigenvalue weighted by atomic mass is 16.5. The Morgan fingerprint density at radius 1 is 1.26 bits per heavy atom. The van der Waals surface area contributed by atoms with E-state index in [0.29, 0.717) is 35.3 Å². The van der Waals surface area contributed by atoms with E-state index < -0.39 is 0 Å². The lowest BCUT2D eigenvalue weighted by Gasteiger charge is -2.39. The number of carbonyl (C=O) groups excluding carboxylic acids is 1. The second-order valence-electron chi connectivity index (χ2n) is 9.94. The molecule has 1 N–H and O–H groups in total. The fourth-order valence-corrected chi connectivity index (χ4v) is 5.96. The van der Waals surface area contributed by atoms with Crippen LogP contribution in [0.5, 0.6) is 5.88 Å². The predicted molar refractivity (Wildman–Crippen MR) is 106 cm³/mol. The first-order chi connectivity index (χ1) is 12.8. The van der Waals surface area contributed by atoms with Crippen LogP contribution in [0.1, 0.15) is 82.5 Å². The molecule has 0 spiro atoms. The Morgan fingerprint density at radius 3 is 2.63 bits per heavy atom. The van der Waals surface area contributed by atoms with Gasteiger partial charge in [0.05, 0.1) is 12.8 Å². The molecule has 1 amide bonds. The lowest BCUT2D eigenvalue weighted by molar-refractivity contribution is 0.0820. The van der Waals surface area contributed by atoms with Gasteiger partial charge in [0.2, 0.25) is 5.88 Å². The number of rotatable bonds is 5. The van der Waals surface area contributed by atoms with Gasteiger partial charge in [-0.05, 0) is 54.8 Å². The van der Waals surface area contributed by atoms with Crippen LogP contribution in [0.3, 0.4) is 0 Å². The maximum atomic E-state index is 13.1. The second-order valence-corrected chi connectivity index (χ2v) is 9.94. The fourth-order valence-electron chi connectivity index (χ4n) is 5.96. The van der Waals surface area contributed by atoms with Crippen LogP contribution < -0.4 is 10.1 Å². The predicted octanol–water partition coefficient (Wildman–Crippen LogP) is 4.32. The van der Waals surface area contributed by atoms with E-state index in [1.54, 1.807) is 10.9 Å². The van der Waals surface area contributed by atoms with E-state index in [9.17, 15) is 4.79 Å². The molecule has 1 aromatic rings. The first-order valence-electron chi connectivity index (χ1n) is 10.8. The minimum atomic E-state index is -0.0312. The normalized spacial score (nSPS) is 32.6. The molecule has 1 heterocycles. The molecule has 3 atom stereocenters. The van der Waals surface area contributed by atoms with E-state index in [1.807, 2.05) is 7.05 Å². The lowest BCUT2D eigenvalue weighted by atomic mass is 9.69. The van der Waals surface area contributed by atoms with E-state index in [2.05, 4.69) is 31.2 Å². The highest BCUT2D eigenvalue weighted by molar-refractivity contribution is 5.96. The first kappa shape index (κ1) is 18.8. The summed E-state index contributed by atoms with van der Waals surface area (Å²) in [5.41, 5.74) is 1.05. The molecule has 0 unspecified atom stereocenters. The minimum absolute atomic E-state index is 0.0312. The number of hydrogen-bond acceptors (Lipinski definition) is 3. The highest BCUT2D eigenvalue weighted by Gasteiger charge is 2.61. The quantitative estimate of drug-likeness (QED) is 0.836. The Balaban J connectivity index is 1.44. The molecule has 0 saturated heterocycles. The van der Waals surface area contributed by atoms with Crippen molar-refractivity contribution in [2.75, 3.05) is 6.61 Å². The zero-order valence-corrected chi connectivity index (χ0v) is 17.4. The van der Waals surface area contributed by atoms with Crippen molar-refractivity contribution in [3.8, 4) is 5.88 Å². The zero-order valence-electron chi connectivity index (χ0n) is 17.4. The third-order valence-corrected chi connectivity index (χ3v) is 8.41. The van der Waals surface area contributed by atoms with E-state index in [1.165, 1.54) is 44.9 Å². The van der Waals surface area contributed by atoms with Crippen molar-refractivity contribution in [1.29, 1.82) is 0 Å². The molecule has 3 aliphatic carbocycles. The molecule has 2 bridgehead atoms.